The Bertz CT molecular complexity index is 330. The zero-order chi connectivity index (χ0) is 11.2. The van der Waals surface area contributed by atoms with E-state index in [2.05, 4.69) is 55.8 Å². The molecule has 1 fully saturated rings. The van der Waals surface area contributed by atoms with E-state index >= 15 is 0 Å². The van der Waals surface area contributed by atoms with E-state index in [0.29, 0.717) is 0 Å². The van der Waals surface area contributed by atoms with Gasteiger partial charge in [-0.1, -0.05) is 6.07 Å². The molecular weight excluding hydrogens is 304 g/mol. The van der Waals surface area contributed by atoms with Crippen molar-refractivity contribution < 1.29 is 0 Å². The molecule has 0 amide bonds. The van der Waals surface area contributed by atoms with E-state index in [0.717, 1.165) is 28.6 Å². The first-order valence-electron chi connectivity index (χ1n) is 5.36. The molecule has 88 valence electrons. The van der Waals surface area contributed by atoms with Crippen molar-refractivity contribution in [3.63, 3.8) is 0 Å². The van der Waals surface area contributed by atoms with Crippen LogP contribution >= 0.6 is 39.5 Å². The Kier molecular flexibility index (Phi) is 5.48. The summed E-state index contributed by atoms with van der Waals surface area (Å²) < 4.78 is 0.911. The molecule has 0 radical (unpaired) electrons. The summed E-state index contributed by atoms with van der Waals surface area (Å²) in [5, 5.41) is 4.25. The third-order valence-corrected chi connectivity index (χ3v) is 5.62. The molecule has 1 atom stereocenters. The molecule has 2 heterocycles. The molecule has 0 aliphatic carbocycles. The second kappa shape index (κ2) is 6.89. The lowest BCUT2D eigenvalue weighted by molar-refractivity contribution is 0.673. The van der Waals surface area contributed by atoms with Gasteiger partial charge in [-0.3, -0.25) is 0 Å². The maximum Gasteiger partial charge on any atom is 0.106 e. The number of rotatable bonds is 4. The number of hydrogen-bond acceptors (Lipinski definition) is 4. The molecule has 2 rings (SSSR count). The Labute approximate surface area is 113 Å². The van der Waals surface area contributed by atoms with E-state index in [9.17, 15) is 0 Å². The van der Waals surface area contributed by atoms with Gasteiger partial charge in [0.25, 0.3) is 0 Å². The summed E-state index contributed by atoms with van der Waals surface area (Å²) in [6.45, 7) is 1.95. The Morgan fingerprint density at radius 3 is 3.12 bits per heavy atom. The van der Waals surface area contributed by atoms with Gasteiger partial charge in [-0.15, -0.1) is 0 Å². The third kappa shape index (κ3) is 4.28. The summed E-state index contributed by atoms with van der Waals surface area (Å²) in [7, 11) is 0. The standard InChI is InChI=1S/C11H15BrN2S2/c12-11-3-1-2-9(14-11)6-13-7-10-8-15-4-5-16-10/h1-3,10,13H,4-8H2. The van der Waals surface area contributed by atoms with Gasteiger partial charge >= 0.3 is 0 Å². The van der Waals surface area contributed by atoms with Crippen molar-refractivity contribution in [2.24, 2.45) is 0 Å². The summed E-state index contributed by atoms with van der Waals surface area (Å²) in [5.74, 6) is 3.89. The number of halogens is 1. The highest BCUT2D eigenvalue weighted by Crippen LogP contribution is 2.23. The highest BCUT2D eigenvalue weighted by Gasteiger charge is 2.13. The van der Waals surface area contributed by atoms with Gasteiger partial charge in [-0.05, 0) is 28.1 Å². The second-order valence-electron chi connectivity index (χ2n) is 3.65. The smallest absolute Gasteiger partial charge is 0.106 e. The predicted octanol–water partition coefficient (Wildman–Crippen LogP) is 2.78. The number of nitrogens with one attached hydrogen (secondary N) is 1. The summed E-state index contributed by atoms with van der Waals surface area (Å²) in [5.41, 5.74) is 1.10. The summed E-state index contributed by atoms with van der Waals surface area (Å²) in [4.78, 5) is 4.40. The van der Waals surface area contributed by atoms with Crippen molar-refractivity contribution in [1.82, 2.24) is 10.3 Å². The number of nitrogens with zero attached hydrogens (tertiary/aromatic N) is 1. The topological polar surface area (TPSA) is 24.9 Å². The summed E-state index contributed by atoms with van der Waals surface area (Å²) >= 11 is 7.54. The van der Waals surface area contributed by atoms with Gasteiger partial charge in [-0.25, -0.2) is 4.98 Å². The minimum atomic E-state index is 0.769. The largest absolute Gasteiger partial charge is 0.310 e. The van der Waals surface area contributed by atoms with Crippen LogP contribution in [0.3, 0.4) is 0 Å². The quantitative estimate of drug-likeness (QED) is 0.863. The van der Waals surface area contributed by atoms with Gasteiger partial charge in [0.1, 0.15) is 4.60 Å². The van der Waals surface area contributed by atoms with Crippen molar-refractivity contribution in [2.45, 2.75) is 11.8 Å². The highest BCUT2D eigenvalue weighted by atomic mass is 79.9. The van der Waals surface area contributed by atoms with Crippen molar-refractivity contribution >= 4 is 39.5 Å². The number of pyridine rings is 1. The molecule has 1 aliphatic rings. The number of thioether (sulfide) groups is 2. The fraction of sp³-hybridized carbons (Fsp3) is 0.545. The molecule has 0 bridgehead atoms. The average Bonchev–Trinajstić information content (AvgIpc) is 2.30. The normalized spacial score (nSPS) is 20.9. The van der Waals surface area contributed by atoms with Crippen LogP contribution in [0.2, 0.25) is 0 Å². The van der Waals surface area contributed by atoms with Gasteiger partial charge < -0.3 is 5.32 Å². The molecule has 5 heteroatoms. The Morgan fingerprint density at radius 2 is 2.38 bits per heavy atom. The van der Waals surface area contributed by atoms with Crippen LogP contribution < -0.4 is 5.32 Å². The molecular formula is C11H15BrN2S2. The van der Waals surface area contributed by atoms with Crippen LogP contribution in [0.1, 0.15) is 5.69 Å². The maximum absolute atomic E-state index is 4.40. The SMILES string of the molecule is Brc1cccc(CNCC2CSCCS2)n1. The summed E-state index contributed by atoms with van der Waals surface area (Å²) in [6, 6.07) is 6.04. The molecule has 0 aromatic carbocycles. The lowest BCUT2D eigenvalue weighted by Crippen LogP contribution is -2.28. The van der Waals surface area contributed by atoms with E-state index in [1.165, 1.54) is 17.3 Å². The lowest BCUT2D eigenvalue weighted by atomic mass is 10.3. The average molecular weight is 319 g/mol. The van der Waals surface area contributed by atoms with Gasteiger partial charge in [0.15, 0.2) is 0 Å². The van der Waals surface area contributed by atoms with Gasteiger partial charge in [0.2, 0.25) is 0 Å². The zero-order valence-corrected chi connectivity index (χ0v) is 12.2. The maximum atomic E-state index is 4.40. The van der Waals surface area contributed by atoms with Crippen LogP contribution in [0.5, 0.6) is 0 Å². The Balaban J connectivity index is 1.71. The van der Waals surface area contributed by atoms with Crippen LogP contribution in [0.15, 0.2) is 22.8 Å². The van der Waals surface area contributed by atoms with Crippen LogP contribution in [-0.4, -0.2) is 34.0 Å². The Morgan fingerprint density at radius 1 is 1.44 bits per heavy atom. The minimum absolute atomic E-state index is 0.769. The van der Waals surface area contributed by atoms with Gasteiger partial charge in [0, 0.05) is 35.6 Å². The first-order chi connectivity index (χ1) is 7.84. The van der Waals surface area contributed by atoms with E-state index in [1.807, 2.05) is 12.1 Å². The molecule has 0 spiro atoms. The molecule has 1 saturated heterocycles. The van der Waals surface area contributed by atoms with Crippen molar-refractivity contribution in [2.75, 3.05) is 23.8 Å². The van der Waals surface area contributed by atoms with Crippen molar-refractivity contribution in [3.05, 3.63) is 28.5 Å². The molecule has 2 nitrogen and oxygen atoms in total. The van der Waals surface area contributed by atoms with Crippen LogP contribution in [0.4, 0.5) is 0 Å². The highest BCUT2D eigenvalue weighted by molar-refractivity contribution is 9.10. The monoisotopic (exact) mass is 318 g/mol. The van der Waals surface area contributed by atoms with E-state index < -0.39 is 0 Å². The molecule has 1 unspecified atom stereocenters. The fourth-order valence-corrected chi connectivity index (χ4v) is 4.59. The number of hydrogen-bond donors (Lipinski definition) is 1. The van der Waals surface area contributed by atoms with Gasteiger partial charge in [0.05, 0.1) is 5.69 Å². The molecule has 0 saturated carbocycles. The zero-order valence-electron chi connectivity index (χ0n) is 8.99. The molecule has 1 N–H and O–H groups in total. The van der Waals surface area contributed by atoms with Crippen molar-refractivity contribution in [3.8, 4) is 0 Å². The summed E-state index contributed by atoms with van der Waals surface area (Å²) in [6.07, 6.45) is 0. The fourth-order valence-electron chi connectivity index (χ4n) is 1.56. The molecule has 16 heavy (non-hydrogen) atoms. The van der Waals surface area contributed by atoms with Gasteiger partial charge in [-0.2, -0.15) is 23.5 Å². The first kappa shape index (κ1) is 12.7. The van der Waals surface area contributed by atoms with Crippen LogP contribution in [0, 0.1) is 0 Å². The second-order valence-corrected chi connectivity index (χ2v) is 7.02. The molecule has 1 aromatic rings. The third-order valence-electron chi connectivity index (χ3n) is 2.34. The first-order valence-corrected chi connectivity index (χ1v) is 8.36. The van der Waals surface area contributed by atoms with E-state index in [1.54, 1.807) is 0 Å². The Hall–Kier alpha value is 0.290. The predicted molar refractivity (Wildman–Crippen MR) is 77.2 cm³/mol. The minimum Gasteiger partial charge on any atom is -0.310 e. The lowest BCUT2D eigenvalue weighted by Gasteiger charge is -2.21. The van der Waals surface area contributed by atoms with Crippen LogP contribution in [0.25, 0.3) is 0 Å². The van der Waals surface area contributed by atoms with E-state index in [4.69, 9.17) is 0 Å². The van der Waals surface area contributed by atoms with E-state index in [-0.39, 0.29) is 0 Å². The molecule has 1 aliphatic heterocycles. The van der Waals surface area contributed by atoms with Crippen LogP contribution in [-0.2, 0) is 6.54 Å². The number of aromatic nitrogens is 1. The van der Waals surface area contributed by atoms with Crippen molar-refractivity contribution in [1.29, 1.82) is 0 Å². The molecule has 1 aromatic heterocycles.